The Balaban J connectivity index is 1.87. The van der Waals surface area contributed by atoms with Crippen LogP contribution in [0, 0.1) is 0 Å². The molecule has 2 rings (SSSR count). The lowest BCUT2D eigenvalue weighted by molar-refractivity contribution is 0.463. The van der Waals surface area contributed by atoms with E-state index < -0.39 is 0 Å². The van der Waals surface area contributed by atoms with Gasteiger partial charge in [-0.15, -0.1) is 0 Å². The first-order valence-corrected chi connectivity index (χ1v) is 8.36. The van der Waals surface area contributed by atoms with Crippen molar-refractivity contribution in [3.63, 3.8) is 0 Å². The van der Waals surface area contributed by atoms with Gasteiger partial charge in [0.2, 0.25) is 0 Å². The SMILES string of the molecule is CSCCCCCn1cncc1C1(C)CCNC1. The lowest BCUT2D eigenvalue weighted by atomic mass is 9.86. The molecular formula is C14H25N3S. The van der Waals surface area contributed by atoms with Gasteiger partial charge in [-0.3, -0.25) is 0 Å². The van der Waals surface area contributed by atoms with Crippen molar-refractivity contribution in [2.75, 3.05) is 25.1 Å². The van der Waals surface area contributed by atoms with Crippen LogP contribution in [0.2, 0.25) is 0 Å². The van der Waals surface area contributed by atoms with E-state index >= 15 is 0 Å². The second kappa shape index (κ2) is 6.62. The number of thioether (sulfide) groups is 1. The van der Waals surface area contributed by atoms with Gasteiger partial charge >= 0.3 is 0 Å². The molecule has 1 N–H and O–H groups in total. The number of unbranched alkanes of at least 4 members (excludes halogenated alkanes) is 2. The average Bonchev–Trinajstić information content (AvgIpc) is 2.98. The van der Waals surface area contributed by atoms with Crippen molar-refractivity contribution in [3.8, 4) is 0 Å². The largest absolute Gasteiger partial charge is 0.334 e. The number of nitrogens with one attached hydrogen (secondary N) is 1. The minimum Gasteiger partial charge on any atom is -0.334 e. The van der Waals surface area contributed by atoms with Gasteiger partial charge < -0.3 is 9.88 Å². The van der Waals surface area contributed by atoms with Crippen LogP contribution in [-0.4, -0.2) is 34.6 Å². The molecule has 0 aromatic carbocycles. The number of rotatable bonds is 7. The van der Waals surface area contributed by atoms with Crippen molar-refractivity contribution in [3.05, 3.63) is 18.2 Å². The van der Waals surface area contributed by atoms with Crippen LogP contribution < -0.4 is 5.32 Å². The fraction of sp³-hybridized carbons (Fsp3) is 0.786. The first kappa shape index (κ1) is 13.9. The molecule has 1 aliphatic heterocycles. The number of imidazole rings is 1. The van der Waals surface area contributed by atoms with Gasteiger partial charge in [-0.2, -0.15) is 11.8 Å². The Morgan fingerprint density at radius 2 is 2.33 bits per heavy atom. The highest BCUT2D eigenvalue weighted by Gasteiger charge is 2.33. The van der Waals surface area contributed by atoms with Crippen molar-refractivity contribution in [2.45, 2.75) is 44.6 Å². The molecule has 0 aliphatic carbocycles. The number of aromatic nitrogens is 2. The summed E-state index contributed by atoms with van der Waals surface area (Å²) < 4.78 is 2.37. The quantitative estimate of drug-likeness (QED) is 0.770. The number of nitrogens with zero attached hydrogens (tertiary/aromatic N) is 2. The molecule has 0 spiro atoms. The predicted molar refractivity (Wildman–Crippen MR) is 79.3 cm³/mol. The maximum Gasteiger partial charge on any atom is 0.0948 e. The van der Waals surface area contributed by atoms with Crippen molar-refractivity contribution in [1.29, 1.82) is 0 Å². The Morgan fingerprint density at radius 3 is 3.06 bits per heavy atom. The lowest BCUT2D eigenvalue weighted by Crippen LogP contribution is -2.28. The Labute approximate surface area is 115 Å². The Morgan fingerprint density at radius 1 is 1.44 bits per heavy atom. The Kier molecular flexibility index (Phi) is 5.13. The molecule has 0 amide bonds. The van der Waals surface area contributed by atoms with E-state index in [1.165, 1.54) is 37.1 Å². The summed E-state index contributed by atoms with van der Waals surface area (Å²) in [7, 11) is 0. The molecule has 3 nitrogen and oxygen atoms in total. The van der Waals surface area contributed by atoms with Crippen LogP contribution in [0.15, 0.2) is 12.5 Å². The summed E-state index contributed by atoms with van der Waals surface area (Å²) >= 11 is 1.95. The van der Waals surface area contributed by atoms with Gasteiger partial charge in [-0.25, -0.2) is 4.98 Å². The minimum absolute atomic E-state index is 0.287. The number of aryl methyl sites for hydroxylation is 1. The Hall–Kier alpha value is -0.480. The monoisotopic (exact) mass is 267 g/mol. The molecule has 4 heteroatoms. The average molecular weight is 267 g/mol. The van der Waals surface area contributed by atoms with E-state index in [0.29, 0.717) is 0 Å². The molecular weight excluding hydrogens is 242 g/mol. The van der Waals surface area contributed by atoms with Crippen molar-refractivity contribution in [2.24, 2.45) is 0 Å². The molecule has 102 valence electrons. The molecule has 18 heavy (non-hydrogen) atoms. The van der Waals surface area contributed by atoms with Gasteiger partial charge in [0.1, 0.15) is 0 Å². The fourth-order valence-electron chi connectivity index (χ4n) is 2.74. The third-order valence-corrected chi connectivity index (χ3v) is 4.64. The molecule has 2 heterocycles. The van der Waals surface area contributed by atoms with Crippen LogP contribution in [0.25, 0.3) is 0 Å². The van der Waals surface area contributed by atoms with Crippen LogP contribution in [0.1, 0.15) is 38.3 Å². The highest BCUT2D eigenvalue weighted by atomic mass is 32.2. The van der Waals surface area contributed by atoms with E-state index in [1.54, 1.807) is 0 Å². The molecule has 1 aliphatic rings. The third kappa shape index (κ3) is 3.29. The molecule has 0 bridgehead atoms. The lowest BCUT2D eigenvalue weighted by Gasteiger charge is -2.24. The first-order valence-electron chi connectivity index (χ1n) is 6.96. The summed E-state index contributed by atoms with van der Waals surface area (Å²) in [6.07, 6.45) is 11.4. The predicted octanol–water partition coefficient (Wildman–Crippen LogP) is 2.67. The highest BCUT2D eigenvalue weighted by Crippen LogP contribution is 2.29. The van der Waals surface area contributed by atoms with Gasteiger partial charge in [-0.1, -0.05) is 13.3 Å². The standard InChI is InChI=1S/C14H25N3S/c1-14(6-7-15-11-14)13-10-16-12-17(13)8-4-3-5-9-18-2/h10,12,15H,3-9,11H2,1-2H3. The zero-order valence-corrected chi connectivity index (χ0v) is 12.4. The Bertz CT molecular complexity index is 356. The van der Waals surface area contributed by atoms with E-state index in [2.05, 4.69) is 34.2 Å². The topological polar surface area (TPSA) is 29.9 Å². The summed E-state index contributed by atoms with van der Waals surface area (Å²) in [6, 6.07) is 0. The molecule has 1 atom stereocenters. The number of hydrogen-bond acceptors (Lipinski definition) is 3. The highest BCUT2D eigenvalue weighted by molar-refractivity contribution is 7.98. The van der Waals surface area contributed by atoms with Crippen LogP contribution in [0.3, 0.4) is 0 Å². The first-order chi connectivity index (χ1) is 8.76. The molecule has 0 saturated carbocycles. The molecule has 1 saturated heterocycles. The number of hydrogen-bond donors (Lipinski definition) is 1. The smallest absolute Gasteiger partial charge is 0.0948 e. The zero-order chi connectivity index (χ0) is 12.8. The molecule has 0 radical (unpaired) electrons. The molecule has 1 aromatic heterocycles. The van der Waals surface area contributed by atoms with Gasteiger partial charge in [-0.05, 0) is 37.8 Å². The van der Waals surface area contributed by atoms with Gasteiger partial charge in [0.15, 0.2) is 0 Å². The van der Waals surface area contributed by atoms with Crippen LogP contribution in [-0.2, 0) is 12.0 Å². The summed E-state index contributed by atoms with van der Waals surface area (Å²) in [5, 5.41) is 3.47. The summed E-state index contributed by atoms with van der Waals surface area (Å²) in [4.78, 5) is 4.36. The molecule has 1 unspecified atom stereocenters. The van der Waals surface area contributed by atoms with Crippen molar-refractivity contribution in [1.82, 2.24) is 14.9 Å². The minimum atomic E-state index is 0.287. The van der Waals surface area contributed by atoms with Gasteiger partial charge in [0.25, 0.3) is 0 Å². The van der Waals surface area contributed by atoms with E-state index in [9.17, 15) is 0 Å². The zero-order valence-electron chi connectivity index (χ0n) is 11.6. The van der Waals surface area contributed by atoms with E-state index in [0.717, 1.165) is 19.6 Å². The maximum atomic E-state index is 4.36. The van der Waals surface area contributed by atoms with E-state index in [1.807, 2.05) is 18.1 Å². The van der Waals surface area contributed by atoms with Crippen LogP contribution in [0.4, 0.5) is 0 Å². The third-order valence-electron chi connectivity index (χ3n) is 3.95. The normalized spacial score (nSPS) is 23.7. The van der Waals surface area contributed by atoms with Crippen LogP contribution in [0.5, 0.6) is 0 Å². The van der Waals surface area contributed by atoms with E-state index in [4.69, 9.17) is 0 Å². The van der Waals surface area contributed by atoms with Crippen molar-refractivity contribution < 1.29 is 0 Å². The maximum absolute atomic E-state index is 4.36. The molecule has 1 fully saturated rings. The van der Waals surface area contributed by atoms with Crippen molar-refractivity contribution >= 4 is 11.8 Å². The summed E-state index contributed by atoms with van der Waals surface area (Å²) in [5.41, 5.74) is 1.70. The molecule has 1 aromatic rings. The second-order valence-corrected chi connectivity index (χ2v) is 6.50. The van der Waals surface area contributed by atoms with E-state index in [-0.39, 0.29) is 5.41 Å². The summed E-state index contributed by atoms with van der Waals surface area (Å²) in [5.74, 6) is 1.29. The van der Waals surface area contributed by atoms with Gasteiger partial charge in [0, 0.05) is 30.4 Å². The second-order valence-electron chi connectivity index (χ2n) is 5.51. The van der Waals surface area contributed by atoms with Gasteiger partial charge in [0.05, 0.1) is 6.33 Å². The van der Waals surface area contributed by atoms with Crippen LogP contribution >= 0.6 is 11.8 Å². The summed E-state index contributed by atoms with van der Waals surface area (Å²) in [6.45, 7) is 5.70. The fourth-order valence-corrected chi connectivity index (χ4v) is 3.24.